The van der Waals surface area contributed by atoms with Crippen molar-refractivity contribution in [2.24, 2.45) is 0 Å². The van der Waals surface area contributed by atoms with E-state index in [0.29, 0.717) is 12.3 Å². The molecule has 6 nitrogen and oxygen atoms in total. The van der Waals surface area contributed by atoms with Crippen LogP contribution in [0.4, 0.5) is 17.1 Å². The summed E-state index contributed by atoms with van der Waals surface area (Å²) in [6.45, 7) is 2.55. The Morgan fingerprint density at radius 3 is 2.71 bits per heavy atom. The number of aryl methyl sites for hydroxylation is 1. The van der Waals surface area contributed by atoms with Crippen molar-refractivity contribution in [1.29, 1.82) is 0 Å². The molecule has 0 radical (unpaired) electrons. The lowest BCUT2D eigenvalue weighted by Crippen LogP contribution is -2.11. The fraction of sp³-hybridized carbons (Fsp3) is 0.226. The van der Waals surface area contributed by atoms with E-state index in [9.17, 15) is 4.79 Å². The zero-order valence-corrected chi connectivity index (χ0v) is 22.4. The lowest BCUT2D eigenvalue weighted by atomic mass is 9.92. The molecule has 2 N–H and O–H groups in total. The van der Waals surface area contributed by atoms with Crippen LogP contribution in [0.5, 0.6) is 11.5 Å². The van der Waals surface area contributed by atoms with Crippen molar-refractivity contribution in [2.45, 2.75) is 32.6 Å². The number of aromatic nitrogens is 1. The molecule has 0 fully saturated rings. The zero-order chi connectivity index (χ0) is 25.6. The number of carbonyl (C=O) groups excluding carboxylic acids is 1. The third-order valence-corrected chi connectivity index (χ3v) is 6.49. The first-order valence-electron chi connectivity index (χ1n) is 12.7. The van der Waals surface area contributed by atoms with Crippen LogP contribution in [-0.2, 0) is 17.6 Å². The summed E-state index contributed by atoms with van der Waals surface area (Å²) in [5.74, 6) is 1.36. The Balaban J connectivity index is 0.00000336. The first-order valence-corrected chi connectivity index (χ1v) is 12.7. The van der Waals surface area contributed by atoms with E-state index < -0.39 is 0 Å². The number of fused-ring (bicyclic) bond motifs is 2. The number of nitrogens with one attached hydrogen (secondary N) is 2. The molecular weight excluding hydrogens is 498 g/mol. The zero-order valence-electron chi connectivity index (χ0n) is 21.6. The maximum Gasteiger partial charge on any atom is 0.248 e. The number of methoxy groups -OCH3 is 1. The van der Waals surface area contributed by atoms with Crippen LogP contribution in [0.15, 0.2) is 72.8 Å². The van der Waals surface area contributed by atoms with Gasteiger partial charge in [-0.25, -0.2) is 0 Å². The minimum absolute atomic E-state index is 0. The molecule has 0 spiro atoms. The molecule has 0 bridgehead atoms. The summed E-state index contributed by atoms with van der Waals surface area (Å²) in [4.78, 5) is 17.7. The number of ether oxygens (including phenoxy) is 2. The topological polar surface area (TPSA) is 72.5 Å². The number of amides is 1. The fourth-order valence-electron chi connectivity index (χ4n) is 4.76. The van der Waals surface area contributed by atoms with Gasteiger partial charge in [0.2, 0.25) is 5.91 Å². The third kappa shape index (κ3) is 6.09. The van der Waals surface area contributed by atoms with Gasteiger partial charge in [0, 0.05) is 22.8 Å². The highest BCUT2D eigenvalue weighted by Gasteiger charge is 2.19. The van der Waals surface area contributed by atoms with Crippen molar-refractivity contribution in [3.63, 3.8) is 0 Å². The van der Waals surface area contributed by atoms with Gasteiger partial charge in [-0.05, 0) is 92.3 Å². The maximum atomic E-state index is 12.7. The van der Waals surface area contributed by atoms with Crippen molar-refractivity contribution in [3.8, 4) is 11.5 Å². The van der Waals surface area contributed by atoms with Crippen LogP contribution >= 0.6 is 12.4 Å². The number of carbonyl (C=O) groups is 1. The molecule has 7 heteroatoms. The van der Waals surface area contributed by atoms with E-state index in [-0.39, 0.29) is 18.3 Å². The molecule has 4 aromatic rings. The summed E-state index contributed by atoms with van der Waals surface area (Å²) >= 11 is 0. The van der Waals surface area contributed by atoms with Gasteiger partial charge in [-0.1, -0.05) is 24.3 Å². The monoisotopic (exact) mass is 529 g/mol. The molecule has 0 aliphatic heterocycles. The third-order valence-electron chi connectivity index (χ3n) is 6.49. The van der Waals surface area contributed by atoms with Gasteiger partial charge in [0.05, 0.1) is 30.6 Å². The number of halogens is 1. The van der Waals surface area contributed by atoms with E-state index in [0.717, 1.165) is 70.7 Å². The molecule has 1 heterocycles. The van der Waals surface area contributed by atoms with E-state index in [1.165, 1.54) is 11.6 Å². The summed E-state index contributed by atoms with van der Waals surface area (Å²) in [7, 11) is 1.68. The molecule has 0 atom stereocenters. The molecule has 0 unspecified atom stereocenters. The van der Waals surface area contributed by atoms with Crippen molar-refractivity contribution in [1.82, 2.24) is 4.98 Å². The van der Waals surface area contributed by atoms with Gasteiger partial charge in [-0.15, -0.1) is 12.4 Å². The standard InChI is InChI=1S/C31H31N3O3.ClH/c1-3-37-23-10-8-9-21(19-23)15-18-30(35)32-22-16-17-27-25(20-22)31(24-11-4-5-12-26(24)33-27)34-28-13-6-7-14-29(28)36-2;/h6-10,13-20H,3-5,11-12H2,1-2H3,(H,32,35)(H,33,34);1H/b18-15+;. The fourth-order valence-corrected chi connectivity index (χ4v) is 4.76. The molecular formula is C31H32ClN3O3. The van der Waals surface area contributed by atoms with Gasteiger partial charge in [0.1, 0.15) is 11.5 Å². The predicted octanol–water partition coefficient (Wildman–Crippen LogP) is 7.34. The van der Waals surface area contributed by atoms with Gasteiger partial charge in [0.15, 0.2) is 0 Å². The van der Waals surface area contributed by atoms with Gasteiger partial charge in [-0.2, -0.15) is 0 Å². The van der Waals surface area contributed by atoms with Crippen LogP contribution in [0.2, 0.25) is 0 Å². The van der Waals surface area contributed by atoms with E-state index in [1.807, 2.05) is 73.7 Å². The van der Waals surface area contributed by atoms with E-state index in [2.05, 4.69) is 10.6 Å². The van der Waals surface area contributed by atoms with Crippen LogP contribution in [0.1, 0.15) is 36.6 Å². The molecule has 1 amide bonds. The number of nitrogens with zero attached hydrogens (tertiary/aromatic N) is 1. The highest BCUT2D eigenvalue weighted by Crippen LogP contribution is 2.38. The highest BCUT2D eigenvalue weighted by atomic mass is 35.5. The molecule has 0 saturated carbocycles. The lowest BCUT2D eigenvalue weighted by Gasteiger charge is -2.22. The van der Waals surface area contributed by atoms with Crippen molar-refractivity contribution in [3.05, 3.63) is 89.6 Å². The van der Waals surface area contributed by atoms with Gasteiger partial charge < -0.3 is 20.1 Å². The number of para-hydroxylation sites is 2. The van der Waals surface area contributed by atoms with Crippen molar-refractivity contribution in [2.75, 3.05) is 24.4 Å². The van der Waals surface area contributed by atoms with Gasteiger partial charge in [0.25, 0.3) is 0 Å². The number of hydrogen-bond acceptors (Lipinski definition) is 5. The molecule has 38 heavy (non-hydrogen) atoms. The Labute approximate surface area is 229 Å². The Morgan fingerprint density at radius 2 is 1.87 bits per heavy atom. The van der Waals surface area contributed by atoms with Crippen molar-refractivity contribution < 1.29 is 14.3 Å². The first kappa shape index (κ1) is 27.0. The maximum absolute atomic E-state index is 12.7. The van der Waals surface area contributed by atoms with Crippen LogP contribution in [0.3, 0.4) is 0 Å². The number of benzene rings is 3. The number of pyridine rings is 1. The van der Waals surface area contributed by atoms with E-state index in [1.54, 1.807) is 13.2 Å². The smallest absolute Gasteiger partial charge is 0.248 e. The number of anilines is 3. The Kier molecular flexibility index (Phi) is 8.87. The SMILES string of the molecule is CCOc1cccc(/C=C/C(=O)Nc2ccc3nc4c(c(Nc5ccccc5OC)c3c2)CCCC4)c1.Cl. The van der Waals surface area contributed by atoms with Crippen LogP contribution < -0.4 is 20.1 Å². The molecule has 5 rings (SSSR count). The van der Waals surface area contributed by atoms with Crippen LogP contribution in [0, 0.1) is 0 Å². The van der Waals surface area contributed by atoms with Gasteiger partial charge in [-0.3, -0.25) is 9.78 Å². The summed E-state index contributed by atoms with van der Waals surface area (Å²) in [5, 5.41) is 7.60. The van der Waals surface area contributed by atoms with Crippen molar-refractivity contribution >= 4 is 52.4 Å². The summed E-state index contributed by atoms with van der Waals surface area (Å²) in [6.07, 6.45) is 7.54. The summed E-state index contributed by atoms with van der Waals surface area (Å²) in [6, 6.07) is 21.4. The lowest BCUT2D eigenvalue weighted by molar-refractivity contribution is -0.111. The largest absolute Gasteiger partial charge is 0.495 e. The summed E-state index contributed by atoms with van der Waals surface area (Å²) < 4.78 is 11.1. The first-order chi connectivity index (χ1) is 18.1. The Hall–Kier alpha value is -4.03. The van der Waals surface area contributed by atoms with Crippen LogP contribution in [0.25, 0.3) is 17.0 Å². The molecule has 1 aliphatic carbocycles. The molecule has 1 aliphatic rings. The summed E-state index contributed by atoms with van der Waals surface area (Å²) in [5.41, 5.74) is 6.83. The van der Waals surface area contributed by atoms with Crippen LogP contribution in [-0.4, -0.2) is 24.6 Å². The second-order valence-corrected chi connectivity index (χ2v) is 9.00. The Bertz CT molecular complexity index is 1470. The normalized spacial score (nSPS) is 12.5. The average molecular weight is 530 g/mol. The minimum Gasteiger partial charge on any atom is -0.495 e. The quantitative estimate of drug-likeness (QED) is 0.234. The molecule has 196 valence electrons. The van der Waals surface area contributed by atoms with E-state index in [4.69, 9.17) is 14.5 Å². The number of rotatable bonds is 8. The van der Waals surface area contributed by atoms with Gasteiger partial charge >= 0.3 is 0 Å². The molecule has 3 aromatic carbocycles. The minimum atomic E-state index is -0.202. The highest BCUT2D eigenvalue weighted by molar-refractivity contribution is 6.04. The number of hydrogen-bond donors (Lipinski definition) is 2. The Morgan fingerprint density at radius 1 is 1.03 bits per heavy atom. The molecule has 1 aromatic heterocycles. The molecule has 0 saturated heterocycles. The van der Waals surface area contributed by atoms with E-state index >= 15 is 0 Å². The second-order valence-electron chi connectivity index (χ2n) is 9.00. The predicted molar refractivity (Wildman–Crippen MR) is 157 cm³/mol. The second kappa shape index (κ2) is 12.5. The average Bonchev–Trinajstić information content (AvgIpc) is 2.93.